The van der Waals surface area contributed by atoms with Gasteiger partial charge in [0.25, 0.3) is 5.60 Å². The first-order chi connectivity index (χ1) is 16.7. The fraction of sp³-hybridized carbons (Fsp3) is 0.217. The van der Waals surface area contributed by atoms with Crippen LogP contribution in [0, 0.1) is 0 Å². The third kappa shape index (κ3) is 4.70. The zero-order valence-corrected chi connectivity index (χ0v) is 20.1. The van der Waals surface area contributed by atoms with Crippen molar-refractivity contribution >= 4 is 39.8 Å². The van der Waals surface area contributed by atoms with Gasteiger partial charge in [0.05, 0.1) is 4.88 Å². The second kappa shape index (κ2) is 9.12. The molecule has 13 heteroatoms. The molecule has 1 N–H and O–H groups in total. The smallest absolute Gasteiger partial charge is 0.423 e. The van der Waals surface area contributed by atoms with Gasteiger partial charge >= 0.3 is 18.0 Å². The molecule has 0 unspecified atom stereocenters. The number of anilines is 1. The van der Waals surface area contributed by atoms with Crippen LogP contribution < -0.4 is 10.5 Å². The Morgan fingerprint density at radius 2 is 1.61 bits per heavy atom. The third-order valence-electron chi connectivity index (χ3n) is 5.28. The van der Waals surface area contributed by atoms with Crippen LogP contribution in [0.5, 0.6) is 0 Å². The molecule has 0 aliphatic rings. The lowest BCUT2D eigenvalue weighted by Gasteiger charge is -2.30. The molecule has 2 aromatic carbocycles. The van der Waals surface area contributed by atoms with E-state index in [1.807, 2.05) is 43.3 Å². The predicted octanol–water partition coefficient (Wildman–Crippen LogP) is 6.45. The van der Waals surface area contributed by atoms with Crippen LogP contribution in [0.1, 0.15) is 4.88 Å². The summed E-state index contributed by atoms with van der Waals surface area (Å²) in [6.07, 6.45) is -11.6. The number of rotatable bonds is 5. The molecule has 4 aromatic rings. The Morgan fingerprint density at radius 3 is 2.19 bits per heavy atom. The van der Waals surface area contributed by atoms with Crippen molar-refractivity contribution in [2.75, 3.05) is 19.0 Å². The van der Waals surface area contributed by atoms with Gasteiger partial charge in [0, 0.05) is 42.3 Å². The number of halogens is 6. The molecule has 0 aliphatic heterocycles. The molecule has 4 rings (SSSR count). The highest BCUT2D eigenvalue weighted by Crippen LogP contribution is 2.52. The largest absolute Gasteiger partial charge is 0.431 e. The fourth-order valence-corrected chi connectivity index (χ4v) is 5.51. The van der Waals surface area contributed by atoms with Gasteiger partial charge in [0.1, 0.15) is 5.58 Å². The number of aliphatic hydroxyl groups is 1. The van der Waals surface area contributed by atoms with Crippen LogP contribution in [-0.4, -0.2) is 36.5 Å². The van der Waals surface area contributed by atoms with Crippen molar-refractivity contribution in [3.05, 3.63) is 70.0 Å². The van der Waals surface area contributed by atoms with E-state index in [0.717, 1.165) is 23.0 Å². The van der Waals surface area contributed by atoms with E-state index < -0.39 is 28.5 Å². The van der Waals surface area contributed by atoms with Crippen LogP contribution in [0.15, 0.2) is 73.2 Å². The zero-order chi connectivity index (χ0) is 26.5. The summed E-state index contributed by atoms with van der Waals surface area (Å²) < 4.78 is 83.9. The normalized spacial score (nSPS) is 12.8. The Kier molecular flexibility index (Phi) is 6.60. The first-order valence-electron chi connectivity index (χ1n) is 10.1. The van der Waals surface area contributed by atoms with E-state index in [1.165, 1.54) is 12.1 Å². The number of hydrogen-bond donors (Lipinski definition) is 1. The molecule has 2 heterocycles. The summed E-state index contributed by atoms with van der Waals surface area (Å²) in [5, 5.41) is 10.1. The van der Waals surface area contributed by atoms with Crippen LogP contribution in [0.25, 0.3) is 22.1 Å². The van der Waals surface area contributed by atoms with Gasteiger partial charge in [-0.1, -0.05) is 23.9 Å². The van der Waals surface area contributed by atoms with Crippen molar-refractivity contribution in [3.63, 3.8) is 0 Å². The Bertz CT molecular complexity index is 1450. The Labute approximate surface area is 208 Å². The van der Waals surface area contributed by atoms with Gasteiger partial charge < -0.3 is 14.4 Å². The molecule has 0 spiro atoms. The zero-order valence-electron chi connectivity index (χ0n) is 18.4. The lowest BCUT2D eigenvalue weighted by molar-refractivity contribution is -0.375. The topological polar surface area (TPSA) is 66.6 Å². The van der Waals surface area contributed by atoms with Gasteiger partial charge in [-0.25, -0.2) is 9.78 Å². The molecule has 36 heavy (non-hydrogen) atoms. The molecule has 2 aromatic heterocycles. The highest BCUT2D eigenvalue weighted by Gasteiger charge is 2.72. The number of hydrogen-bond acceptors (Lipinski definition) is 7. The molecule has 0 amide bonds. The number of fused-ring (bicyclic) bond motifs is 1. The van der Waals surface area contributed by atoms with E-state index in [-0.39, 0.29) is 21.3 Å². The average Bonchev–Trinajstić information content (AvgIpc) is 3.24. The summed E-state index contributed by atoms with van der Waals surface area (Å²) in [7, 11) is 3.78. The van der Waals surface area contributed by atoms with E-state index in [1.54, 1.807) is 12.1 Å². The van der Waals surface area contributed by atoms with E-state index in [2.05, 4.69) is 4.98 Å². The van der Waals surface area contributed by atoms with E-state index in [9.17, 15) is 36.2 Å². The summed E-state index contributed by atoms with van der Waals surface area (Å²) >= 11 is 0.833. The molecule has 0 saturated carbocycles. The molecule has 0 atom stereocenters. The number of aromatic nitrogens is 1. The lowest BCUT2D eigenvalue weighted by atomic mass is 10.0. The van der Waals surface area contributed by atoms with Crippen LogP contribution in [0.2, 0.25) is 0 Å². The van der Waals surface area contributed by atoms with Crippen molar-refractivity contribution in [1.82, 2.24) is 4.98 Å². The minimum atomic E-state index is -5.99. The molecule has 0 fully saturated rings. The van der Waals surface area contributed by atoms with E-state index >= 15 is 0 Å². The maximum atomic E-state index is 13.1. The molecule has 0 bridgehead atoms. The highest BCUT2D eigenvalue weighted by atomic mass is 32.2. The molecular formula is C23H16F6N2O3S2. The fourth-order valence-electron chi connectivity index (χ4n) is 3.40. The van der Waals surface area contributed by atoms with Gasteiger partial charge in [-0.15, -0.1) is 11.3 Å². The summed E-state index contributed by atoms with van der Waals surface area (Å²) in [6.45, 7) is 0. The van der Waals surface area contributed by atoms with Crippen LogP contribution in [0.4, 0.5) is 32.0 Å². The van der Waals surface area contributed by atoms with Gasteiger partial charge in [-0.05, 0) is 41.5 Å². The van der Waals surface area contributed by atoms with Crippen LogP contribution in [-0.2, 0) is 5.60 Å². The monoisotopic (exact) mass is 546 g/mol. The number of nitrogens with zero attached hydrogens (tertiary/aromatic N) is 2. The molecule has 5 nitrogen and oxygen atoms in total. The van der Waals surface area contributed by atoms with Gasteiger partial charge in [0.15, 0.2) is 4.34 Å². The Balaban J connectivity index is 1.68. The predicted molar refractivity (Wildman–Crippen MR) is 124 cm³/mol. The molecule has 0 saturated heterocycles. The minimum absolute atomic E-state index is 0.0661. The summed E-state index contributed by atoms with van der Waals surface area (Å²) in [5.74, 6) is 0. The SMILES string of the molecule is CN(C)c1ccc(-c2cc(=O)oc3cc(Sc4ncc(C(O)(C(F)(F)F)C(F)(F)F)s4)ccc23)cc1. The van der Waals surface area contributed by atoms with Crippen molar-refractivity contribution in [2.24, 2.45) is 0 Å². The van der Waals surface area contributed by atoms with E-state index in [4.69, 9.17) is 4.42 Å². The molecule has 0 radical (unpaired) electrons. The third-order valence-corrected chi connectivity index (χ3v) is 7.45. The van der Waals surface area contributed by atoms with Crippen LogP contribution in [0.3, 0.4) is 0 Å². The van der Waals surface area contributed by atoms with Gasteiger partial charge in [0.2, 0.25) is 0 Å². The highest BCUT2D eigenvalue weighted by molar-refractivity contribution is 8.01. The number of alkyl halides is 6. The Morgan fingerprint density at radius 1 is 0.972 bits per heavy atom. The summed E-state index contributed by atoms with van der Waals surface area (Å²) in [4.78, 5) is 16.7. The Hall–Kier alpha value is -3.03. The van der Waals surface area contributed by atoms with Gasteiger partial charge in [-0.2, -0.15) is 26.3 Å². The van der Waals surface area contributed by atoms with Crippen molar-refractivity contribution in [2.45, 2.75) is 27.2 Å². The summed E-state index contributed by atoms with van der Waals surface area (Å²) in [5.41, 5.74) is -3.19. The molecule has 190 valence electrons. The lowest BCUT2D eigenvalue weighted by Crippen LogP contribution is -2.53. The quantitative estimate of drug-likeness (QED) is 0.229. The second-order valence-electron chi connectivity index (χ2n) is 7.88. The standard InChI is InChI=1S/C23H16F6N2O3S2/c1-31(2)13-5-3-12(4-6-13)16-10-19(32)34-17-9-14(7-8-15(16)17)35-20-30-11-18(36-20)21(33,22(24,25)26)23(27,28)29/h3-11,33H,1-2H3. The summed E-state index contributed by atoms with van der Waals surface area (Å²) in [6, 6.07) is 13.4. The minimum Gasteiger partial charge on any atom is -0.423 e. The van der Waals surface area contributed by atoms with Crippen LogP contribution >= 0.6 is 23.1 Å². The van der Waals surface area contributed by atoms with E-state index in [0.29, 0.717) is 22.0 Å². The maximum absolute atomic E-state index is 13.1. The van der Waals surface area contributed by atoms with Crippen molar-refractivity contribution in [1.29, 1.82) is 0 Å². The van der Waals surface area contributed by atoms with Gasteiger partial charge in [-0.3, -0.25) is 0 Å². The van der Waals surface area contributed by atoms with Crippen molar-refractivity contribution < 1.29 is 35.9 Å². The number of thiazole rings is 1. The van der Waals surface area contributed by atoms with Crippen molar-refractivity contribution in [3.8, 4) is 11.1 Å². The second-order valence-corrected chi connectivity index (χ2v) is 10.2. The average molecular weight is 547 g/mol. The molecule has 0 aliphatic carbocycles. The molecular weight excluding hydrogens is 530 g/mol. The first kappa shape index (κ1) is 26.0. The maximum Gasteiger partial charge on any atom is 0.431 e. The number of benzene rings is 2. The first-order valence-corrected chi connectivity index (χ1v) is 11.7.